The van der Waals surface area contributed by atoms with E-state index in [1.54, 1.807) is 28.4 Å². The Morgan fingerprint density at radius 1 is 1.35 bits per heavy atom. The Bertz CT molecular complexity index is 906. The zero-order valence-electron chi connectivity index (χ0n) is 14.5. The first kappa shape index (κ1) is 17.0. The molecule has 0 saturated carbocycles. The molecule has 0 aromatic carbocycles. The SMILES string of the molecule is CCc1csc(CN2C(=O)CC3C2CCN3C(=O)c2cccc(=O)[nH]2)n1. The molecule has 2 saturated heterocycles. The average molecular weight is 372 g/mol. The topological polar surface area (TPSA) is 86.4 Å². The van der Waals surface area contributed by atoms with Crippen molar-refractivity contribution in [1.29, 1.82) is 0 Å². The second-order valence-electron chi connectivity index (χ2n) is 6.66. The van der Waals surface area contributed by atoms with Gasteiger partial charge in [0.25, 0.3) is 5.91 Å². The van der Waals surface area contributed by atoms with Crippen LogP contribution in [0.25, 0.3) is 0 Å². The fraction of sp³-hybridized carbons (Fsp3) is 0.444. The van der Waals surface area contributed by atoms with Crippen LogP contribution in [0.4, 0.5) is 0 Å². The molecule has 4 rings (SSSR count). The lowest BCUT2D eigenvalue weighted by atomic mass is 10.1. The summed E-state index contributed by atoms with van der Waals surface area (Å²) >= 11 is 1.58. The molecule has 0 aliphatic carbocycles. The minimum atomic E-state index is -0.300. The number of carbonyl (C=O) groups excluding carboxylic acids is 2. The molecule has 2 unspecified atom stereocenters. The lowest BCUT2D eigenvalue weighted by molar-refractivity contribution is -0.129. The second-order valence-corrected chi connectivity index (χ2v) is 7.61. The van der Waals surface area contributed by atoms with Gasteiger partial charge in [-0.3, -0.25) is 14.4 Å². The molecule has 1 N–H and O–H groups in total. The highest BCUT2D eigenvalue weighted by Gasteiger charge is 2.48. The number of pyridine rings is 1. The second kappa shape index (κ2) is 6.68. The first-order valence-corrected chi connectivity index (χ1v) is 9.68. The van der Waals surface area contributed by atoms with Crippen LogP contribution in [-0.4, -0.2) is 50.2 Å². The van der Waals surface area contributed by atoms with Crippen LogP contribution < -0.4 is 5.56 Å². The summed E-state index contributed by atoms with van der Waals surface area (Å²) in [5.41, 5.74) is 1.02. The van der Waals surface area contributed by atoms with Gasteiger partial charge in [0, 0.05) is 24.4 Å². The maximum Gasteiger partial charge on any atom is 0.270 e. The number of nitrogens with zero attached hydrogens (tertiary/aromatic N) is 3. The Morgan fingerprint density at radius 2 is 2.19 bits per heavy atom. The maximum absolute atomic E-state index is 12.8. The highest BCUT2D eigenvalue weighted by atomic mass is 32.1. The van der Waals surface area contributed by atoms with Crippen LogP contribution in [0.5, 0.6) is 0 Å². The lowest BCUT2D eigenvalue weighted by Crippen LogP contribution is -2.40. The van der Waals surface area contributed by atoms with Crippen LogP contribution in [0, 0.1) is 0 Å². The third-order valence-electron chi connectivity index (χ3n) is 5.14. The predicted molar refractivity (Wildman–Crippen MR) is 97.0 cm³/mol. The predicted octanol–water partition coefficient (Wildman–Crippen LogP) is 1.41. The number of nitrogens with one attached hydrogen (secondary N) is 1. The van der Waals surface area contributed by atoms with Crippen LogP contribution >= 0.6 is 11.3 Å². The maximum atomic E-state index is 12.8. The number of aryl methyl sites for hydroxylation is 1. The van der Waals surface area contributed by atoms with Gasteiger partial charge in [0.05, 0.1) is 24.3 Å². The van der Waals surface area contributed by atoms with Crippen molar-refractivity contribution in [3.63, 3.8) is 0 Å². The van der Waals surface area contributed by atoms with Crippen molar-refractivity contribution in [2.45, 2.75) is 44.8 Å². The van der Waals surface area contributed by atoms with Gasteiger partial charge in [0.1, 0.15) is 10.7 Å². The first-order chi connectivity index (χ1) is 12.6. The molecule has 0 radical (unpaired) electrons. The fourth-order valence-corrected chi connectivity index (χ4v) is 4.72. The number of carbonyl (C=O) groups is 2. The molecule has 136 valence electrons. The van der Waals surface area contributed by atoms with E-state index in [1.165, 1.54) is 6.07 Å². The number of hydrogen-bond acceptors (Lipinski definition) is 5. The van der Waals surface area contributed by atoms with Gasteiger partial charge in [-0.25, -0.2) is 4.98 Å². The van der Waals surface area contributed by atoms with Crippen molar-refractivity contribution in [3.8, 4) is 0 Å². The number of hydrogen-bond donors (Lipinski definition) is 1. The number of likely N-dealkylation sites (tertiary alicyclic amines) is 2. The lowest BCUT2D eigenvalue weighted by Gasteiger charge is -2.24. The summed E-state index contributed by atoms with van der Waals surface area (Å²) in [6.07, 6.45) is 1.97. The van der Waals surface area contributed by atoms with E-state index in [4.69, 9.17) is 0 Å². The van der Waals surface area contributed by atoms with Crippen LogP contribution in [0.3, 0.4) is 0 Å². The summed E-state index contributed by atoms with van der Waals surface area (Å²) in [5, 5.41) is 2.97. The van der Waals surface area contributed by atoms with Crippen molar-refractivity contribution in [2.75, 3.05) is 6.54 Å². The summed E-state index contributed by atoms with van der Waals surface area (Å²) in [7, 11) is 0. The van der Waals surface area contributed by atoms with Gasteiger partial charge in [-0.1, -0.05) is 13.0 Å². The molecule has 7 nitrogen and oxygen atoms in total. The Morgan fingerprint density at radius 3 is 2.92 bits per heavy atom. The standard InChI is InChI=1S/C18H20N4O3S/c1-2-11-10-26-16(19-11)9-22-13-6-7-21(14(13)8-17(22)24)18(25)12-4-3-5-15(23)20-12/h3-5,10,13-14H,2,6-9H2,1H3,(H,20,23). The summed E-state index contributed by atoms with van der Waals surface area (Å²) in [4.78, 5) is 47.5. The Labute approximate surface area is 154 Å². The molecule has 2 aliphatic rings. The minimum Gasteiger partial charge on any atom is -0.332 e. The van der Waals surface area contributed by atoms with Gasteiger partial charge in [-0.15, -0.1) is 11.3 Å². The smallest absolute Gasteiger partial charge is 0.270 e. The van der Waals surface area contributed by atoms with Gasteiger partial charge in [-0.05, 0) is 18.9 Å². The van der Waals surface area contributed by atoms with Crippen molar-refractivity contribution in [3.05, 3.63) is 50.3 Å². The molecule has 8 heteroatoms. The molecular weight excluding hydrogens is 352 g/mol. The molecule has 0 spiro atoms. The van der Waals surface area contributed by atoms with E-state index >= 15 is 0 Å². The molecule has 2 aromatic rings. The Balaban J connectivity index is 1.51. The minimum absolute atomic E-state index is 0.0239. The van der Waals surface area contributed by atoms with Crippen LogP contribution in [0.2, 0.25) is 0 Å². The van der Waals surface area contributed by atoms with Gasteiger partial charge >= 0.3 is 0 Å². The number of rotatable bonds is 4. The van der Waals surface area contributed by atoms with Crippen molar-refractivity contribution in [2.24, 2.45) is 0 Å². The third kappa shape index (κ3) is 2.94. The molecule has 2 fully saturated rings. The van der Waals surface area contributed by atoms with E-state index in [0.717, 1.165) is 23.5 Å². The number of H-pyrrole nitrogens is 1. The molecule has 4 heterocycles. The summed E-state index contributed by atoms with van der Waals surface area (Å²) in [6.45, 7) is 3.16. The van der Waals surface area contributed by atoms with E-state index in [1.807, 2.05) is 10.3 Å². The van der Waals surface area contributed by atoms with Crippen LogP contribution in [-0.2, 0) is 17.8 Å². The summed E-state index contributed by atoms with van der Waals surface area (Å²) in [5.74, 6) is -0.153. The van der Waals surface area contributed by atoms with Gasteiger partial charge in [0.15, 0.2) is 0 Å². The molecular formula is C18H20N4O3S. The number of fused-ring (bicyclic) bond motifs is 1. The number of aromatic nitrogens is 2. The van der Waals surface area contributed by atoms with E-state index in [0.29, 0.717) is 19.5 Å². The molecule has 2 aliphatic heterocycles. The van der Waals surface area contributed by atoms with Crippen LogP contribution in [0.1, 0.15) is 41.0 Å². The van der Waals surface area contributed by atoms with Crippen LogP contribution in [0.15, 0.2) is 28.4 Å². The van der Waals surface area contributed by atoms with E-state index in [2.05, 4.69) is 16.9 Å². The highest BCUT2D eigenvalue weighted by molar-refractivity contribution is 7.09. The first-order valence-electron chi connectivity index (χ1n) is 8.80. The Hall–Kier alpha value is -2.48. The summed E-state index contributed by atoms with van der Waals surface area (Å²) in [6, 6.07) is 4.44. The van der Waals surface area contributed by atoms with Crippen molar-refractivity contribution < 1.29 is 9.59 Å². The van der Waals surface area contributed by atoms with Gasteiger partial charge in [0.2, 0.25) is 11.5 Å². The molecule has 2 atom stereocenters. The highest BCUT2D eigenvalue weighted by Crippen LogP contribution is 2.34. The summed E-state index contributed by atoms with van der Waals surface area (Å²) < 4.78 is 0. The van der Waals surface area contributed by atoms with Gasteiger partial charge in [-0.2, -0.15) is 0 Å². The number of thiazole rings is 1. The molecule has 2 amide bonds. The third-order valence-corrected chi connectivity index (χ3v) is 6.02. The molecule has 26 heavy (non-hydrogen) atoms. The zero-order chi connectivity index (χ0) is 18.3. The number of aromatic amines is 1. The fourth-order valence-electron chi connectivity index (χ4n) is 3.84. The number of amides is 2. The monoisotopic (exact) mass is 372 g/mol. The quantitative estimate of drug-likeness (QED) is 0.879. The van der Waals surface area contributed by atoms with Crippen molar-refractivity contribution >= 4 is 23.2 Å². The normalized spacial score (nSPS) is 22.1. The molecule has 0 bridgehead atoms. The zero-order valence-corrected chi connectivity index (χ0v) is 15.3. The van der Waals surface area contributed by atoms with E-state index < -0.39 is 0 Å². The molecule has 2 aromatic heterocycles. The average Bonchev–Trinajstić information content (AvgIpc) is 3.32. The van der Waals surface area contributed by atoms with Gasteiger partial charge < -0.3 is 14.8 Å². The van der Waals surface area contributed by atoms with E-state index in [9.17, 15) is 14.4 Å². The Kier molecular flexibility index (Phi) is 4.36. The van der Waals surface area contributed by atoms with Crippen molar-refractivity contribution in [1.82, 2.24) is 19.8 Å². The van der Waals surface area contributed by atoms with E-state index in [-0.39, 0.29) is 35.2 Å². The largest absolute Gasteiger partial charge is 0.332 e.